The van der Waals surface area contributed by atoms with Crippen molar-refractivity contribution in [2.45, 2.75) is 61.4 Å². The Bertz CT molecular complexity index is 378. The largest absolute Gasteiger partial charge is 0.394 e. The van der Waals surface area contributed by atoms with Gasteiger partial charge >= 0.3 is 0 Å². The quantitative estimate of drug-likeness (QED) is 0.243. The number of hydrogen-bond acceptors (Lipinski definition) is 11. The van der Waals surface area contributed by atoms with Crippen LogP contribution in [0.3, 0.4) is 0 Å². The van der Waals surface area contributed by atoms with Crippen LogP contribution in [0.1, 0.15) is 0 Å². The molecule has 11 nitrogen and oxygen atoms in total. The third-order valence-electron chi connectivity index (χ3n) is 3.98. The smallest absolute Gasteiger partial charge is 0.187 e. The summed E-state index contributed by atoms with van der Waals surface area (Å²) < 4.78 is 15.3. The lowest BCUT2D eigenvalue weighted by Gasteiger charge is -2.45. The van der Waals surface area contributed by atoms with Crippen LogP contribution < -0.4 is 0 Å². The van der Waals surface area contributed by atoms with Crippen LogP contribution in [-0.4, -0.2) is 115 Å². The van der Waals surface area contributed by atoms with Crippen LogP contribution in [0.2, 0.25) is 0 Å². The first-order chi connectivity index (χ1) is 10.8. The molecule has 2 rings (SSSR count). The minimum atomic E-state index is -1.74. The topological polar surface area (TPSA) is 190 Å². The van der Waals surface area contributed by atoms with Gasteiger partial charge in [0.15, 0.2) is 12.6 Å². The average molecular weight is 342 g/mol. The number of aliphatic hydroxyl groups is 8. The summed E-state index contributed by atoms with van der Waals surface area (Å²) in [6.45, 7) is -1.35. The van der Waals surface area contributed by atoms with E-state index in [4.69, 9.17) is 19.3 Å². The van der Waals surface area contributed by atoms with Gasteiger partial charge < -0.3 is 55.1 Å². The van der Waals surface area contributed by atoms with E-state index in [0.29, 0.717) is 0 Å². The van der Waals surface area contributed by atoms with Crippen molar-refractivity contribution >= 4 is 0 Å². The van der Waals surface area contributed by atoms with E-state index in [1.165, 1.54) is 0 Å². The van der Waals surface area contributed by atoms with Crippen LogP contribution in [0.15, 0.2) is 0 Å². The Balaban J connectivity index is 2.11. The Morgan fingerprint density at radius 2 is 1.26 bits per heavy atom. The summed E-state index contributed by atoms with van der Waals surface area (Å²) in [5, 5.41) is 76.5. The molecule has 0 saturated carbocycles. The molecule has 0 aromatic heterocycles. The Kier molecular flexibility index (Phi) is 6.27. The van der Waals surface area contributed by atoms with Crippen molar-refractivity contribution in [2.75, 3.05) is 13.2 Å². The molecule has 2 aliphatic rings. The molecule has 0 bridgehead atoms. The van der Waals surface area contributed by atoms with Gasteiger partial charge in [0.25, 0.3) is 0 Å². The number of hydrogen-bond donors (Lipinski definition) is 8. The zero-order chi connectivity index (χ0) is 17.3. The zero-order valence-electron chi connectivity index (χ0n) is 12.0. The van der Waals surface area contributed by atoms with Crippen molar-refractivity contribution in [1.29, 1.82) is 0 Å². The maximum Gasteiger partial charge on any atom is 0.187 e. The van der Waals surface area contributed by atoms with Gasteiger partial charge in [0, 0.05) is 0 Å². The molecule has 0 spiro atoms. The Morgan fingerprint density at radius 1 is 0.652 bits per heavy atom. The molecule has 2 fully saturated rings. The van der Waals surface area contributed by atoms with Crippen LogP contribution in [0.4, 0.5) is 0 Å². The Hall–Kier alpha value is -0.440. The molecule has 11 heteroatoms. The zero-order valence-corrected chi connectivity index (χ0v) is 12.0. The fourth-order valence-corrected chi connectivity index (χ4v) is 2.57. The predicted molar refractivity (Wildman–Crippen MR) is 68.6 cm³/mol. The van der Waals surface area contributed by atoms with Crippen LogP contribution in [0.5, 0.6) is 0 Å². The molecule has 8 N–H and O–H groups in total. The molecular weight excluding hydrogens is 320 g/mol. The summed E-state index contributed by atoms with van der Waals surface area (Å²) >= 11 is 0. The monoisotopic (exact) mass is 342 g/mol. The molecule has 136 valence electrons. The van der Waals surface area contributed by atoms with E-state index in [-0.39, 0.29) is 0 Å². The normalized spacial score (nSPS) is 51.7. The van der Waals surface area contributed by atoms with E-state index >= 15 is 0 Å². The highest BCUT2D eigenvalue weighted by Gasteiger charge is 2.50. The van der Waals surface area contributed by atoms with Gasteiger partial charge in [0.2, 0.25) is 0 Å². The molecule has 10 atom stereocenters. The third-order valence-corrected chi connectivity index (χ3v) is 3.98. The molecular formula is C12H22O11. The van der Waals surface area contributed by atoms with Gasteiger partial charge in [0.1, 0.15) is 48.8 Å². The molecule has 2 saturated heterocycles. The molecule has 23 heavy (non-hydrogen) atoms. The molecule has 0 aliphatic carbocycles. The summed E-state index contributed by atoms with van der Waals surface area (Å²) in [5.41, 5.74) is 0. The predicted octanol–water partition coefficient (Wildman–Crippen LogP) is -5.40. The average Bonchev–Trinajstić information content (AvgIpc) is 2.55. The summed E-state index contributed by atoms with van der Waals surface area (Å²) in [4.78, 5) is 0. The summed E-state index contributed by atoms with van der Waals surface area (Å²) in [7, 11) is 0. The first-order valence-electron chi connectivity index (χ1n) is 7.08. The first-order valence-corrected chi connectivity index (χ1v) is 7.08. The van der Waals surface area contributed by atoms with Gasteiger partial charge in [-0.25, -0.2) is 0 Å². The van der Waals surface area contributed by atoms with E-state index in [2.05, 4.69) is 0 Å². The fraction of sp³-hybridized carbons (Fsp3) is 1.00. The summed E-state index contributed by atoms with van der Waals surface area (Å²) in [6, 6.07) is 0. The molecule has 2 aliphatic heterocycles. The lowest BCUT2D eigenvalue weighted by molar-refractivity contribution is -0.355. The molecule has 1 unspecified atom stereocenters. The van der Waals surface area contributed by atoms with Gasteiger partial charge in [-0.05, 0) is 0 Å². The number of aliphatic hydroxyl groups excluding tert-OH is 8. The highest BCUT2D eigenvalue weighted by Crippen LogP contribution is 2.28. The second-order valence-electron chi connectivity index (χ2n) is 5.53. The van der Waals surface area contributed by atoms with Crippen molar-refractivity contribution in [1.82, 2.24) is 0 Å². The van der Waals surface area contributed by atoms with Crippen molar-refractivity contribution in [3.8, 4) is 0 Å². The van der Waals surface area contributed by atoms with Gasteiger partial charge in [-0.15, -0.1) is 0 Å². The van der Waals surface area contributed by atoms with Crippen LogP contribution >= 0.6 is 0 Å². The van der Waals surface area contributed by atoms with E-state index in [0.717, 1.165) is 0 Å². The Morgan fingerprint density at radius 3 is 1.83 bits per heavy atom. The van der Waals surface area contributed by atoms with E-state index in [1.54, 1.807) is 0 Å². The standard InChI is InChI=1S/C12H22O11/c13-1-3-5(15)6(16)9(19)12(22-3)23-10-4(2-14)21-11(20)8(18)7(10)17/h3-20H,1-2H2/t3-,4-,5-,6+,7+,8-,9-,10-,11?,12-/m1/s1. The van der Waals surface area contributed by atoms with Crippen LogP contribution in [-0.2, 0) is 14.2 Å². The van der Waals surface area contributed by atoms with E-state index < -0.39 is 74.6 Å². The summed E-state index contributed by atoms with van der Waals surface area (Å²) in [5.74, 6) is 0. The van der Waals surface area contributed by atoms with Crippen molar-refractivity contribution < 1.29 is 55.1 Å². The van der Waals surface area contributed by atoms with E-state index in [1.807, 2.05) is 0 Å². The maximum absolute atomic E-state index is 9.94. The third kappa shape index (κ3) is 3.65. The molecule has 2 heterocycles. The van der Waals surface area contributed by atoms with Crippen molar-refractivity contribution in [2.24, 2.45) is 0 Å². The highest BCUT2D eigenvalue weighted by atomic mass is 16.7. The number of ether oxygens (including phenoxy) is 3. The molecule has 0 aromatic rings. The minimum absolute atomic E-state index is 0.667. The Labute approximate surface area is 130 Å². The SMILES string of the molecule is OC[C@H]1O[C@H](O[C@H]2[C@@H](O)[C@@H](O)C(O)O[C@@H]2CO)[C@H](O)[C@@H](O)[C@@H]1O. The highest BCUT2D eigenvalue weighted by molar-refractivity contribution is 4.93. The van der Waals surface area contributed by atoms with Crippen LogP contribution in [0, 0.1) is 0 Å². The van der Waals surface area contributed by atoms with Gasteiger partial charge in [0.05, 0.1) is 13.2 Å². The first kappa shape index (κ1) is 18.9. The van der Waals surface area contributed by atoms with E-state index in [9.17, 15) is 35.7 Å². The molecule has 0 amide bonds. The minimum Gasteiger partial charge on any atom is -0.394 e. The van der Waals surface area contributed by atoms with Crippen molar-refractivity contribution in [3.63, 3.8) is 0 Å². The number of rotatable bonds is 4. The van der Waals surface area contributed by atoms with Crippen LogP contribution in [0.25, 0.3) is 0 Å². The lowest BCUT2D eigenvalue weighted by Crippen LogP contribution is -2.64. The van der Waals surface area contributed by atoms with Gasteiger partial charge in [-0.2, -0.15) is 0 Å². The van der Waals surface area contributed by atoms with Crippen molar-refractivity contribution in [3.05, 3.63) is 0 Å². The molecule has 0 radical (unpaired) electrons. The summed E-state index contributed by atoms with van der Waals surface area (Å²) in [6.07, 6.45) is -15.6. The fourth-order valence-electron chi connectivity index (χ4n) is 2.57. The second-order valence-corrected chi connectivity index (χ2v) is 5.53. The van der Waals surface area contributed by atoms with Gasteiger partial charge in [-0.3, -0.25) is 0 Å². The lowest BCUT2D eigenvalue weighted by atomic mass is 9.97. The van der Waals surface area contributed by atoms with Gasteiger partial charge in [-0.1, -0.05) is 0 Å². The second kappa shape index (κ2) is 7.63. The maximum atomic E-state index is 9.94. The molecule has 0 aromatic carbocycles.